The summed E-state index contributed by atoms with van der Waals surface area (Å²) in [5.74, 6) is 0.778. The monoisotopic (exact) mass is 448 g/mol. The van der Waals surface area contributed by atoms with Crippen LogP contribution in [0.2, 0.25) is 10.0 Å². The van der Waals surface area contributed by atoms with Gasteiger partial charge in [0.25, 0.3) is 0 Å². The van der Waals surface area contributed by atoms with E-state index < -0.39 is 0 Å². The van der Waals surface area contributed by atoms with E-state index in [-0.39, 0.29) is 5.91 Å². The maximum absolute atomic E-state index is 12.5. The van der Waals surface area contributed by atoms with Crippen LogP contribution < -0.4 is 0 Å². The van der Waals surface area contributed by atoms with Crippen molar-refractivity contribution in [2.75, 3.05) is 40.0 Å². The Labute approximate surface area is 182 Å². The van der Waals surface area contributed by atoms with Crippen LogP contribution in [0.15, 0.2) is 23.1 Å². The number of nitrogens with zero attached hydrogens (tertiary/aromatic N) is 2. The molecule has 7 heteroatoms. The van der Waals surface area contributed by atoms with Crippen molar-refractivity contribution in [3.05, 3.63) is 28.2 Å². The van der Waals surface area contributed by atoms with E-state index in [1.165, 1.54) is 12.8 Å². The number of halogens is 2. The Bertz CT molecular complexity index is 595. The minimum Gasteiger partial charge on any atom is -0.345 e. The van der Waals surface area contributed by atoms with Gasteiger partial charge in [-0.05, 0) is 52.0 Å². The molecule has 0 spiro atoms. The summed E-state index contributed by atoms with van der Waals surface area (Å²) in [4.78, 5) is 17.5. The third kappa shape index (κ3) is 7.69. The number of rotatable bonds is 9. The normalized spacial score (nSPS) is 20.1. The van der Waals surface area contributed by atoms with E-state index in [1.54, 1.807) is 23.5 Å². The van der Waals surface area contributed by atoms with Gasteiger partial charge in [-0.3, -0.25) is 4.79 Å². The van der Waals surface area contributed by atoms with Crippen molar-refractivity contribution in [3.8, 4) is 0 Å². The highest BCUT2D eigenvalue weighted by molar-refractivity contribution is 8.04. The predicted molar refractivity (Wildman–Crippen MR) is 122 cm³/mol. The Morgan fingerprint density at radius 2 is 1.70 bits per heavy atom. The molecule has 152 valence electrons. The third-order valence-corrected chi connectivity index (χ3v) is 8.75. The van der Waals surface area contributed by atoms with Crippen molar-refractivity contribution >= 4 is 52.6 Å². The molecule has 1 saturated carbocycles. The van der Waals surface area contributed by atoms with Crippen LogP contribution in [0.4, 0.5) is 0 Å². The quantitative estimate of drug-likeness (QED) is 0.494. The van der Waals surface area contributed by atoms with Crippen molar-refractivity contribution in [2.45, 2.75) is 47.5 Å². The van der Waals surface area contributed by atoms with Crippen LogP contribution in [0.5, 0.6) is 0 Å². The van der Waals surface area contributed by atoms with Crippen LogP contribution in [0.1, 0.15) is 32.1 Å². The molecule has 1 aliphatic rings. The molecule has 0 aliphatic heterocycles. The summed E-state index contributed by atoms with van der Waals surface area (Å²) in [6.45, 7) is 1.82. The molecular weight excluding hydrogens is 419 g/mol. The molecule has 0 saturated heterocycles. The fourth-order valence-corrected chi connectivity index (χ4v) is 6.74. The lowest BCUT2D eigenvalue weighted by Gasteiger charge is -2.31. The molecule has 0 heterocycles. The molecule has 0 aromatic heterocycles. The highest BCUT2D eigenvalue weighted by Gasteiger charge is 2.28. The Kier molecular flexibility index (Phi) is 10.2. The second-order valence-corrected chi connectivity index (χ2v) is 10.6. The van der Waals surface area contributed by atoms with E-state index in [4.69, 9.17) is 23.2 Å². The molecule has 1 aliphatic carbocycles. The zero-order chi connectivity index (χ0) is 19.8. The molecule has 2 atom stereocenters. The lowest BCUT2D eigenvalue weighted by Crippen LogP contribution is -2.33. The van der Waals surface area contributed by atoms with Gasteiger partial charge in [-0.25, -0.2) is 0 Å². The largest absolute Gasteiger partial charge is 0.345 e. The van der Waals surface area contributed by atoms with E-state index in [0.717, 1.165) is 47.3 Å². The molecule has 3 nitrogen and oxygen atoms in total. The maximum atomic E-state index is 12.5. The molecule has 1 aromatic carbocycles. The second kappa shape index (κ2) is 11.8. The topological polar surface area (TPSA) is 23.6 Å². The smallest absolute Gasteiger partial charge is 0.232 e. The van der Waals surface area contributed by atoms with E-state index in [9.17, 15) is 4.79 Å². The van der Waals surface area contributed by atoms with Gasteiger partial charge < -0.3 is 9.80 Å². The Morgan fingerprint density at radius 1 is 1.07 bits per heavy atom. The van der Waals surface area contributed by atoms with Crippen LogP contribution in [-0.4, -0.2) is 66.2 Å². The highest BCUT2D eigenvalue weighted by Crippen LogP contribution is 2.44. The predicted octanol–water partition coefficient (Wildman–Crippen LogP) is 5.54. The van der Waals surface area contributed by atoms with Crippen LogP contribution in [0.3, 0.4) is 0 Å². The van der Waals surface area contributed by atoms with E-state index in [0.29, 0.717) is 16.3 Å². The number of amides is 1. The average molecular weight is 450 g/mol. The number of hydrogen-bond donors (Lipinski definition) is 0. The van der Waals surface area contributed by atoms with E-state index in [1.807, 2.05) is 30.1 Å². The molecule has 0 bridgehead atoms. The number of carbonyl (C=O) groups is 1. The summed E-state index contributed by atoms with van der Waals surface area (Å²) < 4.78 is 0. The fourth-order valence-electron chi connectivity index (χ4n) is 3.17. The molecule has 2 rings (SSSR count). The lowest BCUT2D eigenvalue weighted by atomic mass is 10.00. The number of carbonyl (C=O) groups excluding carboxylic acids is 1. The second-order valence-electron chi connectivity index (χ2n) is 7.31. The lowest BCUT2D eigenvalue weighted by molar-refractivity contribution is -0.127. The van der Waals surface area contributed by atoms with Gasteiger partial charge in [-0.2, -0.15) is 0 Å². The summed E-state index contributed by atoms with van der Waals surface area (Å²) in [5, 5.41) is 2.36. The van der Waals surface area contributed by atoms with E-state index in [2.05, 4.69) is 19.0 Å². The molecule has 27 heavy (non-hydrogen) atoms. The first-order valence-corrected chi connectivity index (χ1v) is 12.2. The van der Waals surface area contributed by atoms with Crippen molar-refractivity contribution in [1.29, 1.82) is 0 Å². The van der Waals surface area contributed by atoms with Crippen molar-refractivity contribution < 1.29 is 4.79 Å². The van der Waals surface area contributed by atoms with Gasteiger partial charge in [-0.15, -0.1) is 23.5 Å². The first kappa shape index (κ1) is 23.2. The van der Waals surface area contributed by atoms with Crippen LogP contribution >= 0.6 is 46.7 Å². The third-order valence-electron chi connectivity index (χ3n) is 4.78. The van der Waals surface area contributed by atoms with Gasteiger partial charge in [0.1, 0.15) is 0 Å². The van der Waals surface area contributed by atoms with Crippen LogP contribution in [0.25, 0.3) is 0 Å². The summed E-state index contributed by atoms with van der Waals surface area (Å²) >= 11 is 16.3. The number of hydrogen-bond acceptors (Lipinski definition) is 4. The minimum atomic E-state index is 0.226. The van der Waals surface area contributed by atoms with Gasteiger partial charge in [0.05, 0.1) is 15.8 Å². The average Bonchev–Trinajstić information content (AvgIpc) is 2.63. The fraction of sp³-hybridized carbons (Fsp3) is 0.650. The zero-order valence-corrected chi connectivity index (χ0v) is 19.6. The molecule has 1 aromatic rings. The molecule has 0 N–H and O–H groups in total. The van der Waals surface area contributed by atoms with Gasteiger partial charge in [0, 0.05) is 29.0 Å². The maximum Gasteiger partial charge on any atom is 0.232 e. The van der Waals surface area contributed by atoms with Crippen LogP contribution in [-0.2, 0) is 4.79 Å². The minimum absolute atomic E-state index is 0.226. The summed E-state index contributed by atoms with van der Waals surface area (Å²) in [6, 6.07) is 5.67. The van der Waals surface area contributed by atoms with Crippen molar-refractivity contribution in [2.24, 2.45) is 0 Å². The van der Waals surface area contributed by atoms with Crippen molar-refractivity contribution in [1.82, 2.24) is 9.80 Å². The first-order valence-electron chi connectivity index (χ1n) is 9.49. The summed E-state index contributed by atoms with van der Waals surface area (Å²) in [5.41, 5.74) is 0. The Morgan fingerprint density at radius 3 is 2.33 bits per heavy atom. The van der Waals surface area contributed by atoms with Gasteiger partial charge >= 0.3 is 0 Å². The number of thioether (sulfide) groups is 2. The Balaban J connectivity index is 1.87. The SMILES string of the molecule is CN(C)CCCN(C)C(=O)CS[C@@H]1CCCC[C@H]1Sc1c(Cl)cccc1Cl. The summed E-state index contributed by atoms with van der Waals surface area (Å²) in [6.07, 6.45) is 5.78. The Hall–Kier alpha value is -0.0700. The van der Waals surface area contributed by atoms with Crippen LogP contribution in [0, 0.1) is 0 Å². The first-order chi connectivity index (χ1) is 12.9. The number of benzene rings is 1. The van der Waals surface area contributed by atoms with Crippen molar-refractivity contribution in [3.63, 3.8) is 0 Å². The van der Waals surface area contributed by atoms with Gasteiger partial charge in [-0.1, -0.05) is 42.1 Å². The summed E-state index contributed by atoms with van der Waals surface area (Å²) in [7, 11) is 6.03. The molecular formula is C20H30Cl2N2OS2. The van der Waals surface area contributed by atoms with E-state index >= 15 is 0 Å². The molecule has 1 amide bonds. The van der Waals surface area contributed by atoms with Gasteiger partial charge in [0.2, 0.25) is 5.91 Å². The zero-order valence-electron chi connectivity index (χ0n) is 16.4. The molecule has 0 unspecified atom stereocenters. The standard InChI is InChI=1S/C20H30Cl2N2OS2/c1-23(2)12-7-13-24(3)19(25)14-26-17-10-4-5-11-18(17)27-20-15(21)8-6-9-16(20)22/h6,8-9,17-18H,4-5,7,10-14H2,1-3H3/t17-,18-/m1/s1. The highest BCUT2D eigenvalue weighted by atomic mass is 35.5. The van der Waals surface area contributed by atoms with Gasteiger partial charge in [0.15, 0.2) is 0 Å². The molecule has 1 fully saturated rings. The molecule has 0 radical (unpaired) electrons.